The first kappa shape index (κ1) is 18.0. The largest absolute Gasteiger partial charge is 0.370 e. The molecule has 1 amide bonds. The Morgan fingerprint density at radius 2 is 1.80 bits per heavy atom. The zero-order valence-corrected chi connectivity index (χ0v) is 15.4. The number of thioether (sulfide) groups is 1. The summed E-state index contributed by atoms with van der Waals surface area (Å²) in [4.78, 5) is 15.3. The molecule has 1 aliphatic heterocycles. The zero-order chi connectivity index (χ0) is 17.5. The Morgan fingerprint density at radius 3 is 2.44 bits per heavy atom. The van der Waals surface area contributed by atoms with E-state index < -0.39 is 0 Å². The first-order chi connectivity index (χ1) is 12.3. The Morgan fingerprint density at radius 1 is 1.12 bits per heavy atom. The van der Waals surface area contributed by atoms with Gasteiger partial charge >= 0.3 is 0 Å². The molecule has 2 N–H and O–H groups in total. The highest BCUT2D eigenvalue weighted by atomic mass is 32.2. The lowest BCUT2D eigenvalue weighted by molar-refractivity contribution is -0.909. The standard InChI is InChI=1S/C20H24N2O2S/c1-25-18-9-7-17(8-10-18)20(23)21-19(16-5-3-2-4-6-16)15-22-11-13-24-14-12-22/h2-10,19H,11-15H2,1H3,(H,21,23)/p+1/t19-/m1/s1. The van der Waals surface area contributed by atoms with Crippen molar-refractivity contribution in [2.45, 2.75) is 10.9 Å². The number of benzene rings is 2. The molecule has 1 fully saturated rings. The van der Waals surface area contributed by atoms with Crippen molar-refractivity contribution in [3.05, 3.63) is 65.7 Å². The van der Waals surface area contributed by atoms with Crippen LogP contribution in [0.3, 0.4) is 0 Å². The number of morpholine rings is 1. The van der Waals surface area contributed by atoms with E-state index >= 15 is 0 Å². The molecule has 1 atom stereocenters. The Hall–Kier alpha value is -1.82. The summed E-state index contributed by atoms with van der Waals surface area (Å²) in [6.45, 7) is 4.44. The van der Waals surface area contributed by atoms with Gasteiger partial charge in [0.15, 0.2) is 0 Å². The summed E-state index contributed by atoms with van der Waals surface area (Å²) in [5.41, 5.74) is 1.85. The molecule has 2 aromatic carbocycles. The maximum Gasteiger partial charge on any atom is 0.251 e. The highest BCUT2D eigenvalue weighted by Crippen LogP contribution is 2.16. The van der Waals surface area contributed by atoms with Crippen molar-refractivity contribution in [2.24, 2.45) is 0 Å². The molecular formula is C20H25N2O2S+. The van der Waals surface area contributed by atoms with Gasteiger partial charge < -0.3 is 15.0 Å². The van der Waals surface area contributed by atoms with E-state index in [0.717, 1.165) is 43.3 Å². The minimum absolute atomic E-state index is 0.00188. The second-order valence-corrected chi connectivity index (χ2v) is 7.11. The van der Waals surface area contributed by atoms with Gasteiger partial charge in [0, 0.05) is 10.5 Å². The predicted molar refractivity (Wildman–Crippen MR) is 101 cm³/mol. The third-order valence-electron chi connectivity index (χ3n) is 4.55. The van der Waals surface area contributed by atoms with Crippen molar-refractivity contribution in [1.82, 2.24) is 5.32 Å². The van der Waals surface area contributed by atoms with E-state index in [9.17, 15) is 4.79 Å². The fourth-order valence-corrected chi connectivity index (χ4v) is 3.48. The molecule has 4 nitrogen and oxygen atoms in total. The monoisotopic (exact) mass is 357 g/mol. The molecular weight excluding hydrogens is 332 g/mol. The van der Waals surface area contributed by atoms with Crippen LogP contribution in [0.15, 0.2) is 59.5 Å². The summed E-state index contributed by atoms with van der Waals surface area (Å²) >= 11 is 1.68. The molecule has 132 valence electrons. The Kier molecular flexibility index (Phi) is 6.50. The number of rotatable bonds is 6. The third kappa shape index (κ3) is 5.08. The summed E-state index contributed by atoms with van der Waals surface area (Å²) in [7, 11) is 0. The summed E-state index contributed by atoms with van der Waals surface area (Å²) in [5, 5.41) is 3.23. The highest BCUT2D eigenvalue weighted by Gasteiger charge is 2.23. The summed E-state index contributed by atoms with van der Waals surface area (Å²) in [6, 6.07) is 18.0. The van der Waals surface area contributed by atoms with Crippen molar-refractivity contribution < 1.29 is 14.4 Å². The van der Waals surface area contributed by atoms with Gasteiger partial charge in [0.05, 0.1) is 13.2 Å². The second-order valence-electron chi connectivity index (χ2n) is 6.23. The van der Waals surface area contributed by atoms with Gasteiger partial charge in [-0.05, 0) is 36.1 Å². The molecule has 2 aromatic rings. The van der Waals surface area contributed by atoms with E-state index in [1.165, 1.54) is 4.90 Å². The van der Waals surface area contributed by atoms with Crippen LogP contribution in [-0.2, 0) is 4.74 Å². The van der Waals surface area contributed by atoms with Gasteiger partial charge in [-0.1, -0.05) is 30.3 Å². The van der Waals surface area contributed by atoms with Gasteiger partial charge in [-0.25, -0.2) is 0 Å². The van der Waals surface area contributed by atoms with Crippen molar-refractivity contribution in [1.29, 1.82) is 0 Å². The van der Waals surface area contributed by atoms with Crippen LogP contribution in [-0.4, -0.2) is 45.0 Å². The lowest BCUT2D eigenvalue weighted by atomic mass is 10.1. The van der Waals surface area contributed by atoms with Crippen LogP contribution in [0.5, 0.6) is 0 Å². The van der Waals surface area contributed by atoms with Crippen molar-refractivity contribution in [3.63, 3.8) is 0 Å². The van der Waals surface area contributed by atoms with E-state index in [1.807, 2.05) is 48.7 Å². The molecule has 1 saturated heterocycles. The van der Waals surface area contributed by atoms with Gasteiger partial charge in [-0.2, -0.15) is 0 Å². The fraction of sp³-hybridized carbons (Fsp3) is 0.350. The van der Waals surface area contributed by atoms with Crippen LogP contribution >= 0.6 is 11.8 Å². The van der Waals surface area contributed by atoms with Crippen molar-refractivity contribution in [3.8, 4) is 0 Å². The lowest BCUT2D eigenvalue weighted by Crippen LogP contribution is -3.14. The summed E-state index contributed by atoms with van der Waals surface area (Å²) in [6.07, 6.45) is 2.03. The Bertz CT molecular complexity index is 670. The number of hydrogen-bond donors (Lipinski definition) is 2. The molecule has 5 heteroatoms. The minimum Gasteiger partial charge on any atom is -0.370 e. The van der Waals surface area contributed by atoms with Crippen LogP contribution in [0.4, 0.5) is 0 Å². The number of nitrogens with one attached hydrogen (secondary N) is 2. The van der Waals surface area contributed by atoms with Crippen LogP contribution in [0.2, 0.25) is 0 Å². The fourth-order valence-electron chi connectivity index (χ4n) is 3.07. The van der Waals surface area contributed by atoms with Gasteiger partial charge in [-0.15, -0.1) is 11.8 Å². The quantitative estimate of drug-likeness (QED) is 0.775. The first-order valence-electron chi connectivity index (χ1n) is 8.67. The molecule has 0 aliphatic carbocycles. The van der Waals surface area contributed by atoms with Gasteiger partial charge in [0.2, 0.25) is 0 Å². The Labute approximate surface area is 153 Å². The Balaban J connectivity index is 1.72. The number of carbonyl (C=O) groups is 1. The van der Waals surface area contributed by atoms with E-state index in [2.05, 4.69) is 17.4 Å². The van der Waals surface area contributed by atoms with Gasteiger partial charge in [0.1, 0.15) is 25.7 Å². The maximum atomic E-state index is 12.7. The van der Waals surface area contributed by atoms with E-state index in [4.69, 9.17) is 4.74 Å². The number of amides is 1. The smallest absolute Gasteiger partial charge is 0.251 e. The molecule has 0 unspecified atom stereocenters. The normalized spacial score (nSPS) is 16.4. The second kappa shape index (κ2) is 9.04. The van der Waals surface area contributed by atoms with Crippen LogP contribution < -0.4 is 10.2 Å². The van der Waals surface area contributed by atoms with Gasteiger partial charge in [0.25, 0.3) is 5.91 Å². The lowest BCUT2D eigenvalue weighted by Gasteiger charge is -2.28. The number of hydrogen-bond acceptors (Lipinski definition) is 3. The number of ether oxygens (including phenoxy) is 1. The third-order valence-corrected chi connectivity index (χ3v) is 5.30. The average Bonchev–Trinajstić information content (AvgIpc) is 2.69. The van der Waals surface area contributed by atoms with Crippen molar-refractivity contribution in [2.75, 3.05) is 39.1 Å². The van der Waals surface area contributed by atoms with E-state index in [0.29, 0.717) is 5.56 Å². The SMILES string of the molecule is CSc1ccc(C(=O)N[C@H](C[NH+]2CCOCC2)c2ccccc2)cc1. The molecule has 0 bridgehead atoms. The van der Waals surface area contributed by atoms with Crippen molar-refractivity contribution >= 4 is 17.7 Å². The molecule has 25 heavy (non-hydrogen) atoms. The van der Waals surface area contributed by atoms with E-state index in [1.54, 1.807) is 11.8 Å². The molecule has 1 heterocycles. The molecule has 0 radical (unpaired) electrons. The average molecular weight is 357 g/mol. The summed E-state index contributed by atoms with van der Waals surface area (Å²) < 4.78 is 5.45. The van der Waals surface area contributed by atoms with E-state index in [-0.39, 0.29) is 11.9 Å². The maximum absolute atomic E-state index is 12.7. The molecule has 0 spiro atoms. The molecule has 0 aromatic heterocycles. The van der Waals surface area contributed by atoms with Crippen LogP contribution in [0, 0.1) is 0 Å². The topological polar surface area (TPSA) is 42.8 Å². The first-order valence-corrected chi connectivity index (χ1v) is 9.90. The van der Waals surface area contributed by atoms with Crippen LogP contribution in [0.25, 0.3) is 0 Å². The molecule has 3 rings (SSSR count). The zero-order valence-electron chi connectivity index (χ0n) is 14.5. The number of quaternary nitrogens is 1. The minimum atomic E-state index is -0.0193. The summed E-state index contributed by atoms with van der Waals surface area (Å²) in [5.74, 6) is -0.0193. The highest BCUT2D eigenvalue weighted by molar-refractivity contribution is 7.98. The molecule has 0 saturated carbocycles. The van der Waals surface area contributed by atoms with Crippen LogP contribution in [0.1, 0.15) is 22.0 Å². The predicted octanol–water partition coefficient (Wildman–Crippen LogP) is 1.79. The molecule has 1 aliphatic rings. The van der Waals surface area contributed by atoms with Gasteiger partial charge in [-0.3, -0.25) is 4.79 Å². The number of carbonyl (C=O) groups excluding carboxylic acids is 1.